The van der Waals surface area contributed by atoms with E-state index in [1.165, 1.54) is 11.3 Å². The molecule has 0 N–H and O–H groups in total. The van der Waals surface area contributed by atoms with Crippen LogP contribution in [0, 0.1) is 5.41 Å². The highest BCUT2D eigenvalue weighted by Gasteiger charge is 2.59. The molecule has 3 aromatic heterocycles. The SMILES string of the molecule is CC(C)(C)OC(=O)N1CC2(C1)CN(C(=O)c1cncs1)CC2c1nnc(Cc2cccc(C3CCOCC3)n2)o1. The quantitative estimate of drug-likeness (QED) is 0.452. The zero-order valence-electron chi connectivity index (χ0n) is 23.0. The number of amides is 2. The minimum Gasteiger partial charge on any atom is -0.444 e. The van der Waals surface area contributed by atoms with Crippen LogP contribution in [0.25, 0.3) is 0 Å². The molecule has 11 nitrogen and oxygen atoms in total. The van der Waals surface area contributed by atoms with Crippen molar-refractivity contribution >= 4 is 23.3 Å². The summed E-state index contributed by atoms with van der Waals surface area (Å²) < 4.78 is 17.3. The van der Waals surface area contributed by atoms with E-state index in [2.05, 4.69) is 21.2 Å². The van der Waals surface area contributed by atoms with Crippen LogP contribution in [0.5, 0.6) is 0 Å². The molecule has 6 rings (SSSR count). The Bertz CT molecular complexity index is 1360. The fourth-order valence-electron chi connectivity index (χ4n) is 5.88. The van der Waals surface area contributed by atoms with Gasteiger partial charge in [-0.05, 0) is 45.7 Å². The second kappa shape index (κ2) is 10.5. The molecule has 1 unspecified atom stereocenters. The molecule has 2 amide bonds. The summed E-state index contributed by atoms with van der Waals surface area (Å²) in [6, 6.07) is 6.07. The summed E-state index contributed by atoms with van der Waals surface area (Å²) in [4.78, 5) is 39.0. The van der Waals surface area contributed by atoms with Gasteiger partial charge in [0, 0.05) is 62.1 Å². The summed E-state index contributed by atoms with van der Waals surface area (Å²) >= 11 is 1.32. The number of pyridine rings is 1. The monoisotopic (exact) mass is 566 g/mol. The van der Waals surface area contributed by atoms with E-state index in [0.29, 0.717) is 55.2 Å². The molecular weight excluding hydrogens is 532 g/mol. The molecular formula is C28H34N6O5S. The normalized spacial score (nSPS) is 21.0. The minimum atomic E-state index is -0.583. The van der Waals surface area contributed by atoms with E-state index in [9.17, 15) is 9.59 Å². The fourth-order valence-corrected chi connectivity index (χ4v) is 6.47. The predicted octanol–water partition coefficient (Wildman–Crippen LogP) is 3.88. The molecule has 3 aliphatic rings. The maximum absolute atomic E-state index is 13.2. The highest BCUT2D eigenvalue weighted by Crippen LogP contribution is 2.49. The van der Waals surface area contributed by atoms with Crippen LogP contribution >= 0.6 is 11.3 Å². The highest BCUT2D eigenvalue weighted by atomic mass is 32.1. The molecule has 0 aliphatic carbocycles. The lowest BCUT2D eigenvalue weighted by Gasteiger charge is -2.49. The number of hydrogen-bond acceptors (Lipinski definition) is 10. The second-order valence-corrected chi connectivity index (χ2v) is 12.8. The van der Waals surface area contributed by atoms with Crippen LogP contribution in [0.3, 0.4) is 0 Å². The van der Waals surface area contributed by atoms with Crippen molar-refractivity contribution in [3.05, 3.63) is 58.0 Å². The van der Waals surface area contributed by atoms with Crippen molar-refractivity contribution in [3.8, 4) is 0 Å². The third-order valence-corrected chi connectivity index (χ3v) is 8.58. The second-order valence-electron chi connectivity index (χ2n) is 12.0. The summed E-state index contributed by atoms with van der Waals surface area (Å²) in [5.41, 5.74) is 2.63. The minimum absolute atomic E-state index is 0.0750. The number of ether oxygens (including phenoxy) is 2. The topological polar surface area (TPSA) is 124 Å². The molecule has 0 bridgehead atoms. The Hall–Kier alpha value is -3.38. The molecule has 212 valence electrons. The number of likely N-dealkylation sites (tertiary alicyclic amines) is 2. The number of nitrogens with zero attached hydrogens (tertiary/aromatic N) is 6. The first-order chi connectivity index (χ1) is 19.2. The molecule has 0 radical (unpaired) electrons. The maximum Gasteiger partial charge on any atom is 0.410 e. The lowest BCUT2D eigenvalue weighted by atomic mass is 9.71. The number of thiazole rings is 1. The first kappa shape index (κ1) is 26.8. The van der Waals surface area contributed by atoms with Crippen molar-refractivity contribution in [2.45, 2.75) is 57.5 Å². The lowest BCUT2D eigenvalue weighted by Crippen LogP contribution is -2.62. The van der Waals surface area contributed by atoms with Crippen molar-refractivity contribution in [2.75, 3.05) is 39.4 Å². The van der Waals surface area contributed by atoms with E-state index >= 15 is 0 Å². The third kappa shape index (κ3) is 5.46. The summed E-state index contributed by atoms with van der Waals surface area (Å²) in [5, 5.41) is 8.78. The summed E-state index contributed by atoms with van der Waals surface area (Å²) in [7, 11) is 0. The molecule has 3 aromatic rings. The van der Waals surface area contributed by atoms with Gasteiger partial charge in [0.2, 0.25) is 11.8 Å². The Morgan fingerprint density at radius 1 is 1.12 bits per heavy atom. The van der Waals surface area contributed by atoms with Gasteiger partial charge < -0.3 is 23.7 Å². The van der Waals surface area contributed by atoms with Gasteiger partial charge in [-0.25, -0.2) is 4.79 Å². The molecule has 3 aliphatic heterocycles. The Morgan fingerprint density at radius 2 is 1.90 bits per heavy atom. The van der Waals surface area contributed by atoms with E-state index in [0.717, 1.165) is 37.4 Å². The first-order valence-electron chi connectivity index (χ1n) is 13.7. The highest BCUT2D eigenvalue weighted by molar-refractivity contribution is 7.11. The number of aromatic nitrogens is 4. The van der Waals surface area contributed by atoms with Crippen molar-refractivity contribution in [2.24, 2.45) is 5.41 Å². The summed E-state index contributed by atoms with van der Waals surface area (Å²) in [6.07, 6.45) is 3.61. The van der Waals surface area contributed by atoms with E-state index in [4.69, 9.17) is 18.9 Å². The molecule has 3 saturated heterocycles. The fraction of sp³-hybridized carbons (Fsp3) is 0.571. The van der Waals surface area contributed by atoms with Crippen LogP contribution < -0.4 is 0 Å². The van der Waals surface area contributed by atoms with Crippen LogP contribution in [0.1, 0.15) is 78.3 Å². The van der Waals surface area contributed by atoms with Gasteiger partial charge in [-0.3, -0.25) is 14.8 Å². The molecule has 3 fully saturated rings. The van der Waals surface area contributed by atoms with Crippen molar-refractivity contribution in [1.29, 1.82) is 0 Å². The zero-order valence-corrected chi connectivity index (χ0v) is 23.9. The average molecular weight is 567 g/mol. The molecule has 12 heteroatoms. The average Bonchev–Trinajstić information content (AvgIpc) is 3.67. The van der Waals surface area contributed by atoms with Crippen LogP contribution in [-0.2, 0) is 15.9 Å². The van der Waals surface area contributed by atoms with Gasteiger partial charge in [0.1, 0.15) is 10.5 Å². The van der Waals surface area contributed by atoms with Crippen molar-refractivity contribution in [3.63, 3.8) is 0 Å². The van der Waals surface area contributed by atoms with Crippen LogP contribution in [0.4, 0.5) is 4.79 Å². The van der Waals surface area contributed by atoms with E-state index < -0.39 is 5.60 Å². The maximum atomic E-state index is 13.2. The standard InChI is InChI=1S/C28H34N6O5S/c1-27(2,3)39-26(36)34-15-28(16-34)14-33(25(35)22-12-29-17-40-22)13-20(28)24-32-31-23(38-24)11-19-5-4-6-21(30-19)18-7-9-37-10-8-18/h4-6,12,17-18,20H,7-11,13-16H2,1-3H3. The van der Waals surface area contributed by atoms with E-state index in [-0.39, 0.29) is 23.3 Å². The largest absolute Gasteiger partial charge is 0.444 e. The molecule has 6 heterocycles. The number of carbonyl (C=O) groups excluding carboxylic acids is 2. The molecule has 1 spiro atoms. The van der Waals surface area contributed by atoms with E-state index in [1.807, 2.05) is 37.8 Å². The van der Waals surface area contributed by atoms with Gasteiger partial charge in [-0.15, -0.1) is 21.5 Å². The lowest BCUT2D eigenvalue weighted by molar-refractivity contribution is -0.0374. The van der Waals surface area contributed by atoms with Crippen molar-refractivity contribution in [1.82, 2.24) is 30.0 Å². The number of rotatable bonds is 5. The van der Waals surface area contributed by atoms with Gasteiger partial charge in [0.15, 0.2) is 0 Å². The van der Waals surface area contributed by atoms with Crippen molar-refractivity contribution < 1.29 is 23.5 Å². The molecule has 1 atom stereocenters. The van der Waals surface area contributed by atoms with Crippen LogP contribution in [-0.4, -0.2) is 87.0 Å². The van der Waals surface area contributed by atoms with Gasteiger partial charge in [0.05, 0.1) is 24.0 Å². The number of hydrogen-bond donors (Lipinski definition) is 0. The predicted molar refractivity (Wildman–Crippen MR) is 145 cm³/mol. The third-order valence-electron chi connectivity index (χ3n) is 7.82. The van der Waals surface area contributed by atoms with Gasteiger partial charge in [-0.2, -0.15) is 0 Å². The molecule has 0 saturated carbocycles. The van der Waals surface area contributed by atoms with Gasteiger partial charge in [0.25, 0.3) is 5.91 Å². The summed E-state index contributed by atoms with van der Waals surface area (Å²) in [5.74, 6) is 1.09. The zero-order chi connectivity index (χ0) is 27.9. The molecule has 40 heavy (non-hydrogen) atoms. The Labute approximate surface area is 236 Å². The van der Waals surface area contributed by atoms with Gasteiger partial charge >= 0.3 is 6.09 Å². The van der Waals surface area contributed by atoms with E-state index in [1.54, 1.807) is 16.6 Å². The van der Waals surface area contributed by atoms with Crippen LogP contribution in [0.15, 0.2) is 34.3 Å². The number of carbonyl (C=O) groups is 2. The Morgan fingerprint density at radius 3 is 2.62 bits per heavy atom. The first-order valence-corrected chi connectivity index (χ1v) is 14.6. The summed E-state index contributed by atoms with van der Waals surface area (Å²) in [6.45, 7) is 8.89. The Kier molecular flexibility index (Phi) is 7.07. The smallest absolute Gasteiger partial charge is 0.410 e. The molecule has 0 aromatic carbocycles. The van der Waals surface area contributed by atoms with Gasteiger partial charge in [-0.1, -0.05) is 6.07 Å². The Balaban J connectivity index is 1.20. The van der Waals surface area contributed by atoms with Crippen LogP contribution in [0.2, 0.25) is 0 Å².